The fourth-order valence-corrected chi connectivity index (χ4v) is 1.62. The average Bonchev–Trinajstić information content (AvgIpc) is 2.26. The number of rotatable bonds is 3. The Balaban J connectivity index is 2.20. The summed E-state index contributed by atoms with van der Waals surface area (Å²) in [4.78, 5) is 15.3. The van der Waals surface area contributed by atoms with Crippen molar-refractivity contribution < 1.29 is 9.53 Å². The maximum Gasteiger partial charge on any atom is 0.409 e. The maximum absolute atomic E-state index is 11.2. The molecule has 1 saturated heterocycles. The molecule has 81 valence electrons. The van der Waals surface area contributed by atoms with Crippen LogP contribution in [0.1, 0.15) is 12.8 Å². The highest BCUT2D eigenvalue weighted by Crippen LogP contribution is 2.04. The molecule has 4 heteroatoms. The van der Waals surface area contributed by atoms with Crippen molar-refractivity contribution in [2.75, 3.05) is 39.8 Å². The summed E-state index contributed by atoms with van der Waals surface area (Å²) in [5, 5.41) is 0. The van der Waals surface area contributed by atoms with Crippen molar-refractivity contribution in [2.24, 2.45) is 0 Å². The van der Waals surface area contributed by atoms with Gasteiger partial charge in [-0.05, 0) is 13.0 Å². The maximum atomic E-state index is 11.2. The molecule has 1 fully saturated rings. The van der Waals surface area contributed by atoms with Crippen molar-refractivity contribution >= 4 is 6.09 Å². The second-order valence-corrected chi connectivity index (χ2v) is 3.51. The molecule has 14 heavy (non-hydrogen) atoms. The Bertz CT molecular complexity index is 177. The highest BCUT2D eigenvalue weighted by molar-refractivity contribution is 5.67. The van der Waals surface area contributed by atoms with E-state index in [1.165, 1.54) is 7.11 Å². The van der Waals surface area contributed by atoms with Crippen LogP contribution in [-0.2, 0) is 4.74 Å². The number of carbonyl (C=O) groups is 1. The molecule has 0 aromatic heterocycles. The van der Waals surface area contributed by atoms with E-state index in [2.05, 4.69) is 16.6 Å². The summed E-state index contributed by atoms with van der Waals surface area (Å²) in [6, 6.07) is 0. The monoisotopic (exact) mass is 199 g/mol. The van der Waals surface area contributed by atoms with Crippen LogP contribution in [0.15, 0.2) is 0 Å². The van der Waals surface area contributed by atoms with Crippen LogP contribution in [0.3, 0.4) is 0 Å². The van der Waals surface area contributed by atoms with Crippen LogP contribution >= 0.6 is 0 Å². The standard InChI is InChI=1S/C10H19N2O2/c1-3-4-5-11-6-8-12(9-7-11)10(13)14-2/h1,3-9H2,2H3. The minimum atomic E-state index is -0.207. The minimum Gasteiger partial charge on any atom is -0.453 e. The molecule has 0 bridgehead atoms. The van der Waals surface area contributed by atoms with E-state index in [0.717, 1.165) is 45.6 Å². The summed E-state index contributed by atoms with van der Waals surface area (Å²) < 4.78 is 4.66. The second-order valence-electron chi connectivity index (χ2n) is 3.51. The molecular weight excluding hydrogens is 180 g/mol. The topological polar surface area (TPSA) is 32.8 Å². The number of piperazine rings is 1. The summed E-state index contributed by atoms with van der Waals surface area (Å²) in [7, 11) is 1.43. The van der Waals surface area contributed by atoms with E-state index in [4.69, 9.17) is 0 Å². The van der Waals surface area contributed by atoms with Gasteiger partial charge in [0.25, 0.3) is 0 Å². The first-order valence-corrected chi connectivity index (χ1v) is 5.12. The molecule has 1 aliphatic rings. The predicted octanol–water partition coefficient (Wildman–Crippen LogP) is 0.985. The number of nitrogens with zero attached hydrogens (tertiary/aromatic N) is 2. The molecule has 0 aromatic rings. The second kappa shape index (κ2) is 5.86. The third-order valence-corrected chi connectivity index (χ3v) is 2.53. The van der Waals surface area contributed by atoms with Gasteiger partial charge < -0.3 is 9.64 Å². The van der Waals surface area contributed by atoms with Crippen LogP contribution in [0.5, 0.6) is 0 Å². The highest BCUT2D eigenvalue weighted by atomic mass is 16.5. The molecule has 1 rings (SSSR count). The van der Waals surface area contributed by atoms with Crippen molar-refractivity contribution in [3.05, 3.63) is 6.92 Å². The molecule has 0 unspecified atom stereocenters. The number of amides is 1. The van der Waals surface area contributed by atoms with Gasteiger partial charge in [0, 0.05) is 26.2 Å². The molecule has 0 aliphatic carbocycles. The molecule has 0 saturated carbocycles. The smallest absolute Gasteiger partial charge is 0.409 e. The molecule has 0 atom stereocenters. The van der Waals surface area contributed by atoms with E-state index in [1.54, 1.807) is 4.90 Å². The van der Waals surface area contributed by atoms with Crippen molar-refractivity contribution in [3.63, 3.8) is 0 Å². The predicted molar refractivity (Wildman–Crippen MR) is 55.0 cm³/mol. The van der Waals surface area contributed by atoms with Gasteiger partial charge in [-0.3, -0.25) is 4.90 Å². The van der Waals surface area contributed by atoms with Crippen LogP contribution in [0, 0.1) is 6.92 Å². The van der Waals surface area contributed by atoms with Gasteiger partial charge in [0.15, 0.2) is 0 Å². The average molecular weight is 199 g/mol. The summed E-state index contributed by atoms with van der Waals surface area (Å²) in [6.45, 7) is 8.38. The molecule has 1 heterocycles. The van der Waals surface area contributed by atoms with Crippen molar-refractivity contribution in [2.45, 2.75) is 12.8 Å². The van der Waals surface area contributed by atoms with Crippen LogP contribution in [0.4, 0.5) is 4.79 Å². The fourth-order valence-electron chi connectivity index (χ4n) is 1.62. The number of carbonyl (C=O) groups excluding carboxylic acids is 1. The highest BCUT2D eigenvalue weighted by Gasteiger charge is 2.20. The molecule has 1 amide bonds. The Labute approximate surface area is 85.8 Å². The third-order valence-electron chi connectivity index (χ3n) is 2.53. The van der Waals surface area contributed by atoms with Crippen molar-refractivity contribution in [1.29, 1.82) is 0 Å². The Morgan fingerprint density at radius 3 is 2.50 bits per heavy atom. The number of methoxy groups -OCH3 is 1. The van der Waals surface area contributed by atoms with Crippen molar-refractivity contribution in [3.8, 4) is 0 Å². The van der Waals surface area contributed by atoms with E-state index in [0.29, 0.717) is 0 Å². The van der Waals surface area contributed by atoms with Crippen LogP contribution in [-0.4, -0.2) is 55.7 Å². The zero-order valence-corrected chi connectivity index (χ0v) is 8.87. The lowest BCUT2D eigenvalue weighted by Crippen LogP contribution is -2.48. The summed E-state index contributed by atoms with van der Waals surface area (Å²) in [5.74, 6) is 0. The first kappa shape index (κ1) is 11.3. The summed E-state index contributed by atoms with van der Waals surface area (Å²) >= 11 is 0. The van der Waals surface area contributed by atoms with Gasteiger partial charge in [0.05, 0.1) is 7.11 Å². The van der Waals surface area contributed by atoms with E-state index in [9.17, 15) is 4.79 Å². The molecule has 1 aliphatic heterocycles. The van der Waals surface area contributed by atoms with Gasteiger partial charge in [-0.15, -0.1) is 0 Å². The van der Waals surface area contributed by atoms with Crippen LogP contribution in [0.2, 0.25) is 0 Å². The lowest BCUT2D eigenvalue weighted by atomic mass is 10.2. The van der Waals surface area contributed by atoms with E-state index in [-0.39, 0.29) is 6.09 Å². The molecular formula is C10H19N2O2. The van der Waals surface area contributed by atoms with E-state index < -0.39 is 0 Å². The molecule has 4 nitrogen and oxygen atoms in total. The molecule has 0 N–H and O–H groups in total. The molecule has 0 aromatic carbocycles. The Hall–Kier alpha value is -0.770. The lowest BCUT2D eigenvalue weighted by Gasteiger charge is -2.33. The van der Waals surface area contributed by atoms with Gasteiger partial charge in [0.2, 0.25) is 0 Å². The Morgan fingerprint density at radius 2 is 2.00 bits per heavy atom. The SMILES string of the molecule is [CH2]CCCN1CCN(C(=O)OC)CC1. The lowest BCUT2D eigenvalue weighted by molar-refractivity contribution is 0.0908. The van der Waals surface area contributed by atoms with Gasteiger partial charge in [-0.2, -0.15) is 0 Å². The van der Waals surface area contributed by atoms with Gasteiger partial charge in [-0.25, -0.2) is 4.79 Å². The van der Waals surface area contributed by atoms with Crippen molar-refractivity contribution in [1.82, 2.24) is 9.80 Å². The van der Waals surface area contributed by atoms with Crippen LogP contribution in [0.25, 0.3) is 0 Å². The normalized spacial score (nSPS) is 18.3. The first-order chi connectivity index (χ1) is 6.77. The van der Waals surface area contributed by atoms with Gasteiger partial charge >= 0.3 is 6.09 Å². The number of hydrogen-bond acceptors (Lipinski definition) is 3. The largest absolute Gasteiger partial charge is 0.453 e. The van der Waals surface area contributed by atoms with E-state index >= 15 is 0 Å². The summed E-state index contributed by atoms with van der Waals surface area (Å²) in [5.41, 5.74) is 0. The third kappa shape index (κ3) is 3.18. The zero-order chi connectivity index (χ0) is 10.4. The van der Waals surface area contributed by atoms with E-state index in [1.807, 2.05) is 0 Å². The Morgan fingerprint density at radius 1 is 1.36 bits per heavy atom. The zero-order valence-electron chi connectivity index (χ0n) is 8.87. The Kier molecular flexibility index (Phi) is 4.73. The van der Waals surface area contributed by atoms with Gasteiger partial charge in [-0.1, -0.05) is 13.3 Å². The molecule has 0 spiro atoms. The summed E-state index contributed by atoms with van der Waals surface area (Å²) in [6.07, 6.45) is 1.91. The fraction of sp³-hybridized carbons (Fsp3) is 0.800. The number of ether oxygens (including phenoxy) is 1. The van der Waals surface area contributed by atoms with Gasteiger partial charge in [0.1, 0.15) is 0 Å². The quantitative estimate of drug-likeness (QED) is 0.679. The number of unbranched alkanes of at least 4 members (excludes halogenated alkanes) is 1. The first-order valence-electron chi connectivity index (χ1n) is 5.12. The van der Waals surface area contributed by atoms with Crippen LogP contribution < -0.4 is 0 Å². The molecule has 1 radical (unpaired) electrons. The minimum absolute atomic E-state index is 0.207. The number of hydrogen-bond donors (Lipinski definition) is 0.